The summed E-state index contributed by atoms with van der Waals surface area (Å²) in [6.07, 6.45) is 2.23. The number of hydrogen-bond donors (Lipinski definition) is 1. The van der Waals surface area contributed by atoms with Crippen LogP contribution in [-0.2, 0) is 6.42 Å². The van der Waals surface area contributed by atoms with Crippen LogP contribution in [0.25, 0.3) is 11.0 Å². The summed E-state index contributed by atoms with van der Waals surface area (Å²) < 4.78 is 5.24. The largest absolute Gasteiger partial charge is 0.494 e. The molecular weight excluding hydrogens is 192 g/mol. The average molecular weight is 204 g/mol. The number of methoxy groups -OCH3 is 1. The van der Waals surface area contributed by atoms with E-state index < -0.39 is 0 Å². The number of aryl methyl sites for hydroxylation is 1. The lowest BCUT2D eigenvalue weighted by Gasteiger charge is -2.07. The molecule has 0 aromatic carbocycles. The van der Waals surface area contributed by atoms with Gasteiger partial charge in [-0.05, 0) is 6.42 Å². The molecule has 0 unspecified atom stereocenters. The molecule has 15 heavy (non-hydrogen) atoms. The minimum absolute atomic E-state index is 0.383. The smallest absolute Gasteiger partial charge is 0.153 e. The molecule has 0 fully saturated rings. The van der Waals surface area contributed by atoms with Crippen molar-refractivity contribution in [2.75, 3.05) is 12.8 Å². The van der Waals surface area contributed by atoms with Gasteiger partial charge in [0, 0.05) is 11.8 Å². The lowest BCUT2D eigenvalue weighted by molar-refractivity contribution is 0.418. The molecule has 2 N–H and O–H groups in total. The Balaban J connectivity index is 2.80. The van der Waals surface area contributed by atoms with E-state index in [0.29, 0.717) is 22.6 Å². The van der Waals surface area contributed by atoms with Crippen molar-refractivity contribution in [3.8, 4) is 5.75 Å². The molecule has 0 bridgehead atoms. The van der Waals surface area contributed by atoms with Gasteiger partial charge in [0.25, 0.3) is 0 Å². The van der Waals surface area contributed by atoms with Gasteiger partial charge in [-0.1, -0.05) is 6.92 Å². The monoisotopic (exact) mass is 204 g/mol. The number of fused-ring (bicyclic) bond motifs is 1. The van der Waals surface area contributed by atoms with Gasteiger partial charge < -0.3 is 10.5 Å². The van der Waals surface area contributed by atoms with E-state index in [-0.39, 0.29) is 0 Å². The van der Waals surface area contributed by atoms with E-state index in [4.69, 9.17) is 10.5 Å². The topological polar surface area (TPSA) is 73.9 Å². The Morgan fingerprint density at radius 2 is 2.13 bits per heavy atom. The molecule has 2 heterocycles. The summed E-state index contributed by atoms with van der Waals surface area (Å²) in [5, 5.41) is 0. The highest BCUT2D eigenvalue weighted by molar-refractivity contribution is 5.88. The molecule has 0 radical (unpaired) electrons. The number of pyridine rings is 1. The van der Waals surface area contributed by atoms with Crippen molar-refractivity contribution in [2.45, 2.75) is 13.3 Å². The number of nitrogen functional groups attached to an aromatic ring is 1. The fourth-order valence-electron chi connectivity index (χ4n) is 1.42. The fourth-order valence-corrected chi connectivity index (χ4v) is 1.42. The second kappa shape index (κ2) is 3.68. The van der Waals surface area contributed by atoms with Crippen molar-refractivity contribution in [1.82, 2.24) is 15.0 Å². The molecule has 0 aliphatic rings. The molecule has 2 aromatic rings. The number of hydrogen-bond acceptors (Lipinski definition) is 5. The number of aromatic nitrogens is 3. The summed E-state index contributed by atoms with van der Waals surface area (Å²) in [5.74, 6) is 1.07. The molecule has 5 heteroatoms. The van der Waals surface area contributed by atoms with Crippen molar-refractivity contribution < 1.29 is 4.74 Å². The number of rotatable bonds is 2. The second-order valence-electron chi connectivity index (χ2n) is 3.13. The van der Waals surface area contributed by atoms with Gasteiger partial charge in [0.1, 0.15) is 23.1 Å². The van der Waals surface area contributed by atoms with E-state index in [1.54, 1.807) is 7.11 Å². The van der Waals surface area contributed by atoms with Crippen LogP contribution in [0.2, 0.25) is 0 Å². The van der Waals surface area contributed by atoms with Crippen molar-refractivity contribution in [3.63, 3.8) is 0 Å². The molecule has 0 amide bonds. The Morgan fingerprint density at radius 1 is 1.33 bits per heavy atom. The van der Waals surface area contributed by atoms with E-state index in [0.717, 1.165) is 12.1 Å². The Hall–Kier alpha value is -1.91. The van der Waals surface area contributed by atoms with Gasteiger partial charge in [0.15, 0.2) is 5.82 Å². The van der Waals surface area contributed by atoms with Gasteiger partial charge in [-0.2, -0.15) is 0 Å². The quantitative estimate of drug-likeness (QED) is 0.795. The number of ether oxygens (including phenoxy) is 1. The first-order valence-electron chi connectivity index (χ1n) is 4.70. The van der Waals surface area contributed by atoms with Gasteiger partial charge in [-0.25, -0.2) is 15.0 Å². The second-order valence-corrected chi connectivity index (χ2v) is 3.13. The third-order valence-corrected chi connectivity index (χ3v) is 2.22. The predicted octanol–water partition coefficient (Wildman–Crippen LogP) is 1.18. The summed E-state index contributed by atoms with van der Waals surface area (Å²) in [7, 11) is 1.60. The molecule has 0 aliphatic carbocycles. The minimum atomic E-state index is 0.383. The molecule has 0 spiro atoms. The van der Waals surface area contributed by atoms with Gasteiger partial charge in [0.05, 0.1) is 7.11 Å². The minimum Gasteiger partial charge on any atom is -0.494 e. The molecule has 0 aliphatic heterocycles. The third kappa shape index (κ3) is 1.56. The summed E-state index contributed by atoms with van der Waals surface area (Å²) in [4.78, 5) is 12.4. The molecular formula is C10H12N4O. The highest BCUT2D eigenvalue weighted by Crippen LogP contribution is 2.25. The lowest BCUT2D eigenvalue weighted by atomic mass is 10.2. The molecule has 0 saturated carbocycles. The van der Waals surface area contributed by atoms with Crippen LogP contribution < -0.4 is 10.5 Å². The van der Waals surface area contributed by atoms with Crippen LogP contribution in [-0.4, -0.2) is 22.1 Å². The van der Waals surface area contributed by atoms with Crippen LogP contribution >= 0.6 is 0 Å². The van der Waals surface area contributed by atoms with Crippen LogP contribution in [0, 0.1) is 0 Å². The van der Waals surface area contributed by atoms with Crippen molar-refractivity contribution in [3.05, 3.63) is 18.1 Å². The summed E-state index contributed by atoms with van der Waals surface area (Å²) >= 11 is 0. The van der Waals surface area contributed by atoms with E-state index in [9.17, 15) is 0 Å². The molecule has 2 rings (SSSR count). The Labute approximate surface area is 87.3 Å². The summed E-state index contributed by atoms with van der Waals surface area (Å²) in [6, 6.07) is 1.87. The highest BCUT2D eigenvalue weighted by Gasteiger charge is 2.09. The summed E-state index contributed by atoms with van der Waals surface area (Å²) in [5.41, 5.74) is 7.91. The average Bonchev–Trinajstić information content (AvgIpc) is 2.28. The predicted molar refractivity (Wildman–Crippen MR) is 57.7 cm³/mol. The third-order valence-electron chi connectivity index (χ3n) is 2.22. The Kier molecular flexibility index (Phi) is 2.37. The van der Waals surface area contributed by atoms with Crippen molar-refractivity contribution >= 4 is 16.9 Å². The van der Waals surface area contributed by atoms with Crippen LogP contribution in [0.1, 0.15) is 12.6 Å². The summed E-state index contributed by atoms with van der Waals surface area (Å²) in [6.45, 7) is 2.02. The maximum absolute atomic E-state index is 5.73. The molecule has 5 nitrogen and oxygen atoms in total. The lowest BCUT2D eigenvalue weighted by Crippen LogP contribution is -2.00. The van der Waals surface area contributed by atoms with Crippen molar-refractivity contribution in [2.24, 2.45) is 0 Å². The first-order valence-corrected chi connectivity index (χ1v) is 4.70. The molecule has 0 saturated heterocycles. The standard InChI is InChI=1S/C10H12N4O/c1-3-6-4-7(15-2)8-9(14-6)10(11)13-5-12-8/h4-5H,3H2,1-2H3,(H2,11,12,13). The number of anilines is 1. The fraction of sp³-hybridized carbons (Fsp3) is 0.300. The SMILES string of the molecule is CCc1cc(OC)c2ncnc(N)c2n1. The maximum Gasteiger partial charge on any atom is 0.153 e. The zero-order chi connectivity index (χ0) is 10.8. The zero-order valence-electron chi connectivity index (χ0n) is 8.69. The Morgan fingerprint density at radius 3 is 2.80 bits per heavy atom. The van der Waals surface area contributed by atoms with Gasteiger partial charge >= 0.3 is 0 Å². The normalized spacial score (nSPS) is 10.5. The van der Waals surface area contributed by atoms with E-state index >= 15 is 0 Å². The van der Waals surface area contributed by atoms with Crippen LogP contribution in [0.4, 0.5) is 5.82 Å². The van der Waals surface area contributed by atoms with E-state index in [1.165, 1.54) is 6.33 Å². The molecule has 2 aromatic heterocycles. The molecule has 0 atom stereocenters. The van der Waals surface area contributed by atoms with Crippen LogP contribution in [0.3, 0.4) is 0 Å². The first-order chi connectivity index (χ1) is 7.26. The first kappa shape index (κ1) is 9.64. The van der Waals surface area contributed by atoms with Gasteiger partial charge in [-0.15, -0.1) is 0 Å². The van der Waals surface area contributed by atoms with Crippen molar-refractivity contribution in [1.29, 1.82) is 0 Å². The zero-order valence-corrected chi connectivity index (χ0v) is 8.69. The maximum atomic E-state index is 5.73. The number of nitrogens with two attached hydrogens (primary N) is 1. The van der Waals surface area contributed by atoms with Crippen LogP contribution in [0.15, 0.2) is 12.4 Å². The van der Waals surface area contributed by atoms with E-state index in [1.807, 2.05) is 13.0 Å². The highest BCUT2D eigenvalue weighted by atomic mass is 16.5. The van der Waals surface area contributed by atoms with E-state index in [2.05, 4.69) is 15.0 Å². The van der Waals surface area contributed by atoms with Crippen LogP contribution in [0.5, 0.6) is 5.75 Å². The Bertz CT molecular complexity index is 498. The van der Waals surface area contributed by atoms with Gasteiger partial charge in [0.2, 0.25) is 0 Å². The molecule has 78 valence electrons. The number of nitrogens with zero attached hydrogens (tertiary/aromatic N) is 3. The van der Waals surface area contributed by atoms with Gasteiger partial charge in [-0.3, -0.25) is 0 Å².